The third-order valence-electron chi connectivity index (χ3n) is 3.05. The Morgan fingerprint density at radius 1 is 1.33 bits per heavy atom. The Bertz CT molecular complexity index is 498. The molecule has 0 aliphatic carbocycles. The van der Waals surface area contributed by atoms with Crippen LogP contribution in [0.3, 0.4) is 0 Å². The maximum Gasteiger partial charge on any atom is 0.299 e. The van der Waals surface area contributed by atoms with Gasteiger partial charge >= 0.3 is 0 Å². The summed E-state index contributed by atoms with van der Waals surface area (Å²) in [6.45, 7) is 1.45. The van der Waals surface area contributed by atoms with Crippen LogP contribution in [0.5, 0.6) is 0 Å². The van der Waals surface area contributed by atoms with Gasteiger partial charge in [0, 0.05) is 0 Å². The number of β-amino-alcohol motifs (C(OH)–C–C–N with tert-alkyl or cyclic N) is 1. The first kappa shape index (κ1) is 12.7. The fourth-order valence-electron chi connectivity index (χ4n) is 2.02. The van der Waals surface area contributed by atoms with Crippen LogP contribution >= 0.6 is 0 Å². The van der Waals surface area contributed by atoms with E-state index >= 15 is 0 Å². The Morgan fingerprint density at radius 2 is 2.06 bits per heavy atom. The highest BCUT2D eigenvalue weighted by Gasteiger charge is 2.36. The average Bonchev–Trinajstić information content (AvgIpc) is 2.63. The zero-order chi connectivity index (χ0) is 13.3. The van der Waals surface area contributed by atoms with E-state index in [-0.39, 0.29) is 6.54 Å². The highest BCUT2D eigenvalue weighted by Crippen LogP contribution is 2.30. The number of carbonyl (C=O) groups is 2. The van der Waals surface area contributed by atoms with Gasteiger partial charge in [-0.15, -0.1) is 0 Å². The van der Waals surface area contributed by atoms with Crippen LogP contribution in [0.1, 0.15) is 22.8 Å². The van der Waals surface area contributed by atoms with Gasteiger partial charge in [0.05, 0.1) is 30.5 Å². The molecule has 18 heavy (non-hydrogen) atoms. The summed E-state index contributed by atoms with van der Waals surface area (Å²) in [5.74, 6) is -1.20. The molecule has 1 aromatic carbocycles. The zero-order valence-electron chi connectivity index (χ0n) is 10.1. The van der Waals surface area contributed by atoms with Crippen LogP contribution in [0, 0.1) is 0 Å². The van der Waals surface area contributed by atoms with E-state index in [9.17, 15) is 14.7 Å². The number of benzene rings is 1. The molecule has 1 aliphatic rings. The molecule has 1 aliphatic heterocycles. The van der Waals surface area contributed by atoms with Crippen LogP contribution in [-0.4, -0.2) is 41.2 Å². The van der Waals surface area contributed by atoms with Gasteiger partial charge in [-0.2, -0.15) is 0 Å². The number of nitrogens with zero attached hydrogens (tertiary/aromatic N) is 1. The van der Waals surface area contributed by atoms with E-state index < -0.39 is 24.4 Å². The van der Waals surface area contributed by atoms with Gasteiger partial charge in [0.15, 0.2) is 0 Å². The molecule has 96 valence electrons. The summed E-state index contributed by atoms with van der Waals surface area (Å²) < 4.78 is 0. The largest absolute Gasteiger partial charge is 0.394 e. The highest BCUT2D eigenvalue weighted by atomic mass is 16.3. The van der Waals surface area contributed by atoms with Crippen LogP contribution in [0.15, 0.2) is 18.2 Å². The van der Waals surface area contributed by atoms with Crippen molar-refractivity contribution in [1.29, 1.82) is 0 Å². The molecule has 1 amide bonds. The molecule has 2 N–H and O–H groups in total. The summed E-state index contributed by atoms with van der Waals surface area (Å²) in [4.78, 5) is 24.8. The minimum atomic E-state index is -1.04. The molecule has 0 fully saturated rings. The second-order valence-electron chi connectivity index (χ2n) is 4.29. The molecule has 1 unspecified atom stereocenters. The quantitative estimate of drug-likeness (QED) is 0.744. The van der Waals surface area contributed by atoms with Crippen molar-refractivity contribution in [2.45, 2.75) is 19.4 Å². The Hall–Kier alpha value is -1.72. The van der Waals surface area contributed by atoms with E-state index in [2.05, 4.69) is 0 Å². The van der Waals surface area contributed by atoms with E-state index in [1.165, 1.54) is 4.90 Å². The van der Waals surface area contributed by atoms with Crippen molar-refractivity contribution in [2.24, 2.45) is 0 Å². The molecular formula is C13H15NO4. The van der Waals surface area contributed by atoms with Crippen molar-refractivity contribution < 1.29 is 19.8 Å². The number of carbonyl (C=O) groups excluding carboxylic acids is 2. The number of rotatable bonds is 4. The predicted molar refractivity (Wildman–Crippen MR) is 65.6 cm³/mol. The normalized spacial score (nSPS) is 16.1. The predicted octanol–water partition coefficient (Wildman–Crippen LogP) is 0.131. The van der Waals surface area contributed by atoms with Gasteiger partial charge in [0.2, 0.25) is 0 Å². The monoisotopic (exact) mass is 249 g/mol. The van der Waals surface area contributed by atoms with E-state index in [4.69, 9.17) is 5.11 Å². The molecule has 0 spiro atoms. The summed E-state index contributed by atoms with van der Waals surface area (Å²) in [6, 6.07) is 5.27. The Morgan fingerprint density at radius 3 is 2.67 bits per heavy atom. The third-order valence-corrected chi connectivity index (χ3v) is 3.05. The number of anilines is 1. The average molecular weight is 249 g/mol. The summed E-state index contributed by atoms with van der Waals surface area (Å²) in [7, 11) is 0. The molecular weight excluding hydrogens is 234 g/mol. The number of hydrogen-bond donors (Lipinski definition) is 2. The first-order chi connectivity index (χ1) is 8.58. The smallest absolute Gasteiger partial charge is 0.299 e. The minimum Gasteiger partial charge on any atom is -0.394 e. The zero-order valence-corrected chi connectivity index (χ0v) is 10.1. The van der Waals surface area contributed by atoms with Gasteiger partial charge in [0.1, 0.15) is 0 Å². The van der Waals surface area contributed by atoms with Gasteiger partial charge in [0.25, 0.3) is 11.7 Å². The van der Waals surface area contributed by atoms with Gasteiger partial charge in [-0.1, -0.05) is 13.0 Å². The van der Waals surface area contributed by atoms with Crippen LogP contribution < -0.4 is 4.90 Å². The van der Waals surface area contributed by atoms with Crippen LogP contribution in [-0.2, 0) is 11.2 Å². The summed E-state index contributed by atoms with van der Waals surface area (Å²) in [5, 5.41) is 18.2. The lowest BCUT2D eigenvalue weighted by atomic mass is 10.1. The number of aliphatic hydroxyl groups is 2. The van der Waals surface area contributed by atoms with Crippen molar-refractivity contribution in [3.05, 3.63) is 29.3 Å². The molecule has 1 aromatic rings. The van der Waals surface area contributed by atoms with Gasteiger partial charge in [-0.3, -0.25) is 9.59 Å². The highest BCUT2D eigenvalue weighted by molar-refractivity contribution is 6.52. The van der Waals surface area contributed by atoms with E-state index in [1.807, 2.05) is 13.0 Å². The molecule has 2 rings (SSSR count). The lowest BCUT2D eigenvalue weighted by Crippen LogP contribution is -2.38. The number of amides is 1. The summed E-state index contributed by atoms with van der Waals surface area (Å²) in [6.07, 6.45) is -0.257. The molecule has 5 heteroatoms. The van der Waals surface area contributed by atoms with E-state index in [1.54, 1.807) is 12.1 Å². The number of ketones is 1. The van der Waals surface area contributed by atoms with Gasteiger partial charge in [-0.25, -0.2) is 0 Å². The first-order valence-electron chi connectivity index (χ1n) is 5.86. The molecule has 0 bridgehead atoms. The second-order valence-corrected chi connectivity index (χ2v) is 4.29. The van der Waals surface area contributed by atoms with Crippen LogP contribution in [0.2, 0.25) is 0 Å². The summed E-state index contributed by atoms with van der Waals surface area (Å²) in [5.41, 5.74) is 1.87. The fraction of sp³-hybridized carbons (Fsp3) is 0.385. The molecule has 0 radical (unpaired) electrons. The number of fused-ring (bicyclic) bond motifs is 1. The number of aliphatic hydroxyl groups excluding tert-OH is 2. The third kappa shape index (κ3) is 2.02. The maximum absolute atomic E-state index is 11.8. The topological polar surface area (TPSA) is 77.8 Å². The van der Waals surface area contributed by atoms with Crippen LogP contribution in [0.4, 0.5) is 5.69 Å². The van der Waals surface area contributed by atoms with Gasteiger partial charge in [-0.05, 0) is 24.1 Å². The number of Topliss-reactive ketones (excluding diaryl/α,β-unsaturated/α-hetero) is 1. The Labute approximate surface area is 105 Å². The molecule has 1 heterocycles. The molecule has 0 saturated carbocycles. The SMILES string of the molecule is CCc1ccc2c(c1)C(=O)C(=O)N2CC(O)CO. The molecule has 5 nitrogen and oxygen atoms in total. The minimum absolute atomic E-state index is 0.0699. The number of aryl methyl sites for hydroxylation is 1. The van der Waals surface area contributed by atoms with Crippen molar-refractivity contribution in [3.63, 3.8) is 0 Å². The maximum atomic E-state index is 11.8. The van der Waals surface area contributed by atoms with Crippen LogP contribution in [0.25, 0.3) is 0 Å². The number of hydrogen-bond acceptors (Lipinski definition) is 4. The second kappa shape index (κ2) is 4.88. The molecule has 0 saturated heterocycles. The van der Waals surface area contributed by atoms with E-state index in [0.717, 1.165) is 12.0 Å². The van der Waals surface area contributed by atoms with Crippen molar-refractivity contribution in [1.82, 2.24) is 0 Å². The standard InChI is InChI=1S/C13H15NO4/c1-2-8-3-4-11-10(5-8)12(17)13(18)14(11)6-9(16)7-15/h3-5,9,15-16H,2,6-7H2,1H3. The lowest BCUT2D eigenvalue weighted by molar-refractivity contribution is -0.114. The van der Waals surface area contributed by atoms with Crippen molar-refractivity contribution in [2.75, 3.05) is 18.1 Å². The van der Waals surface area contributed by atoms with Gasteiger partial charge < -0.3 is 15.1 Å². The summed E-state index contributed by atoms with van der Waals surface area (Å²) >= 11 is 0. The first-order valence-corrected chi connectivity index (χ1v) is 5.86. The fourth-order valence-corrected chi connectivity index (χ4v) is 2.02. The Balaban J connectivity index is 2.37. The van der Waals surface area contributed by atoms with Crippen molar-refractivity contribution >= 4 is 17.4 Å². The molecule has 1 atom stereocenters. The lowest BCUT2D eigenvalue weighted by Gasteiger charge is -2.19. The Kier molecular flexibility index (Phi) is 3.45. The molecule has 0 aromatic heterocycles. The van der Waals surface area contributed by atoms with E-state index in [0.29, 0.717) is 11.3 Å². The van der Waals surface area contributed by atoms with Crippen molar-refractivity contribution in [3.8, 4) is 0 Å².